The molecule has 0 aliphatic rings. The van der Waals surface area contributed by atoms with E-state index < -0.39 is 6.09 Å². The maximum atomic E-state index is 10.8. The summed E-state index contributed by atoms with van der Waals surface area (Å²) in [7, 11) is 0. The number of alkyl carbamates (subject to hydrolysis) is 1. The van der Waals surface area contributed by atoms with Gasteiger partial charge < -0.3 is 10.1 Å². The number of ether oxygens (including phenoxy) is 1. The van der Waals surface area contributed by atoms with Crippen LogP contribution in [-0.2, 0) is 4.74 Å². The van der Waals surface area contributed by atoms with Crippen LogP contribution < -0.4 is 5.32 Å². The van der Waals surface area contributed by atoms with Crippen LogP contribution in [0.25, 0.3) is 10.4 Å². The lowest BCUT2D eigenvalue weighted by Crippen LogP contribution is -2.27. The van der Waals surface area contributed by atoms with Gasteiger partial charge in [0.1, 0.15) is 0 Å². The summed E-state index contributed by atoms with van der Waals surface area (Å²) in [6, 6.07) is 0. The smallest absolute Gasteiger partial charge is 0.407 e. The first-order valence-electron chi connectivity index (χ1n) is 4.12. The molecule has 1 N–H and O–H groups in total. The monoisotopic (exact) mass is 186 g/mol. The van der Waals surface area contributed by atoms with E-state index in [4.69, 9.17) is 10.3 Å². The molecule has 0 bridgehead atoms. The highest BCUT2D eigenvalue weighted by Gasteiger charge is 2.02. The highest BCUT2D eigenvalue weighted by atomic mass is 16.6. The van der Waals surface area contributed by atoms with E-state index in [1.165, 1.54) is 0 Å². The Labute approximate surface area is 76.9 Å². The Balaban J connectivity index is 3.32. The van der Waals surface area contributed by atoms with Gasteiger partial charge in [0.05, 0.1) is 6.10 Å². The first-order valence-corrected chi connectivity index (χ1v) is 4.12. The molecule has 13 heavy (non-hydrogen) atoms. The van der Waals surface area contributed by atoms with E-state index in [9.17, 15) is 4.79 Å². The van der Waals surface area contributed by atoms with Gasteiger partial charge in [0, 0.05) is 18.0 Å². The van der Waals surface area contributed by atoms with Gasteiger partial charge in [-0.05, 0) is 25.8 Å². The van der Waals surface area contributed by atoms with Gasteiger partial charge in [0.25, 0.3) is 0 Å². The van der Waals surface area contributed by atoms with Crippen molar-refractivity contribution in [2.45, 2.75) is 26.4 Å². The number of hydrogen-bond donors (Lipinski definition) is 1. The van der Waals surface area contributed by atoms with Crippen LogP contribution in [0.4, 0.5) is 4.79 Å². The number of carbonyl (C=O) groups is 1. The molecule has 0 radical (unpaired) electrons. The van der Waals surface area contributed by atoms with Gasteiger partial charge in [0.15, 0.2) is 0 Å². The summed E-state index contributed by atoms with van der Waals surface area (Å²) >= 11 is 0. The molecule has 0 saturated carbocycles. The zero-order valence-corrected chi connectivity index (χ0v) is 7.86. The maximum Gasteiger partial charge on any atom is 0.407 e. The number of amides is 1. The van der Waals surface area contributed by atoms with Crippen molar-refractivity contribution in [2.75, 3.05) is 13.1 Å². The van der Waals surface area contributed by atoms with Crippen LogP contribution in [0.5, 0.6) is 0 Å². The van der Waals surface area contributed by atoms with Crippen molar-refractivity contribution in [3.63, 3.8) is 0 Å². The first-order chi connectivity index (χ1) is 6.16. The highest BCUT2D eigenvalue weighted by Crippen LogP contribution is 1.88. The molecule has 0 rings (SSSR count). The largest absolute Gasteiger partial charge is 0.447 e. The minimum Gasteiger partial charge on any atom is -0.447 e. The summed E-state index contributed by atoms with van der Waals surface area (Å²) in [5.74, 6) is 0. The topological polar surface area (TPSA) is 87.1 Å². The number of hydrogen-bond acceptors (Lipinski definition) is 3. The maximum absolute atomic E-state index is 10.8. The lowest BCUT2D eigenvalue weighted by Gasteiger charge is -2.08. The third kappa shape index (κ3) is 8.49. The van der Waals surface area contributed by atoms with Gasteiger partial charge in [-0.2, -0.15) is 0 Å². The van der Waals surface area contributed by atoms with E-state index in [0.29, 0.717) is 19.5 Å². The minimum atomic E-state index is -0.434. The molecule has 0 aliphatic carbocycles. The van der Waals surface area contributed by atoms with E-state index in [1.807, 2.05) is 0 Å². The SMILES string of the molecule is CC(C)OC(=O)NCCCN=[N+]=[N-]. The number of rotatable bonds is 5. The van der Waals surface area contributed by atoms with Crippen LogP contribution in [0.1, 0.15) is 20.3 Å². The fourth-order valence-corrected chi connectivity index (χ4v) is 0.641. The Hall–Kier alpha value is -1.42. The average Bonchev–Trinajstić information content (AvgIpc) is 2.02. The molecule has 0 aromatic carbocycles. The van der Waals surface area contributed by atoms with Crippen molar-refractivity contribution in [3.8, 4) is 0 Å². The molecule has 0 saturated heterocycles. The molecule has 0 aromatic rings. The van der Waals surface area contributed by atoms with Crippen LogP contribution >= 0.6 is 0 Å². The van der Waals surface area contributed by atoms with Crippen molar-refractivity contribution < 1.29 is 9.53 Å². The van der Waals surface area contributed by atoms with Gasteiger partial charge in [0.2, 0.25) is 0 Å². The number of nitrogens with zero attached hydrogens (tertiary/aromatic N) is 3. The van der Waals surface area contributed by atoms with E-state index in [-0.39, 0.29) is 6.10 Å². The minimum absolute atomic E-state index is 0.114. The van der Waals surface area contributed by atoms with E-state index in [1.54, 1.807) is 13.8 Å². The second-order valence-corrected chi connectivity index (χ2v) is 2.69. The molecular weight excluding hydrogens is 172 g/mol. The van der Waals surface area contributed by atoms with Crippen molar-refractivity contribution in [1.29, 1.82) is 0 Å². The Morgan fingerprint density at radius 2 is 2.38 bits per heavy atom. The van der Waals surface area contributed by atoms with Crippen molar-refractivity contribution in [3.05, 3.63) is 10.4 Å². The predicted octanol–water partition coefficient (Wildman–Crippen LogP) is 1.82. The van der Waals surface area contributed by atoms with Crippen molar-refractivity contribution >= 4 is 6.09 Å². The Morgan fingerprint density at radius 1 is 1.69 bits per heavy atom. The Bertz CT molecular complexity index is 199. The van der Waals surface area contributed by atoms with E-state index in [0.717, 1.165) is 0 Å². The normalized spacial score (nSPS) is 9.15. The predicted molar refractivity (Wildman–Crippen MR) is 48.2 cm³/mol. The van der Waals surface area contributed by atoms with Gasteiger partial charge in [-0.3, -0.25) is 0 Å². The molecule has 74 valence electrons. The Kier molecular flexibility index (Phi) is 6.45. The van der Waals surface area contributed by atoms with Gasteiger partial charge >= 0.3 is 6.09 Å². The van der Waals surface area contributed by atoms with Crippen molar-refractivity contribution in [2.24, 2.45) is 5.11 Å². The first kappa shape index (κ1) is 11.6. The number of azide groups is 1. The second-order valence-electron chi connectivity index (χ2n) is 2.69. The summed E-state index contributed by atoms with van der Waals surface area (Å²) < 4.78 is 4.80. The zero-order chi connectivity index (χ0) is 10.1. The molecular formula is C7H14N4O2. The van der Waals surface area contributed by atoms with Crippen LogP contribution in [0.2, 0.25) is 0 Å². The highest BCUT2D eigenvalue weighted by molar-refractivity contribution is 5.67. The third-order valence-corrected chi connectivity index (χ3v) is 1.11. The number of nitrogens with one attached hydrogen (secondary N) is 1. The summed E-state index contributed by atoms with van der Waals surface area (Å²) in [5, 5.41) is 5.85. The number of carbonyl (C=O) groups excluding carboxylic acids is 1. The zero-order valence-electron chi connectivity index (χ0n) is 7.86. The molecule has 6 nitrogen and oxygen atoms in total. The molecule has 0 heterocycles. The molecule has 0 atom stereocenters. The summed E-state index contributed by atoms with van der Waals surface area (Å²) in [6.07, 6.45) is 0.0742. The van der Waals surface area contributed by atoms with Gasteiger partial charge in [-0.25, -0.2) is 4.79 Å². The van der Waals surface area contributed by atoms with Gasteiger partial charge in [-0.15, -0.1) is 0 Å². The lowest BCUT2D eigenvalue weighted by atomic mass is 10.4. The van der Waals surface area contributed by atoms with Crippen LogP contribution in [0.3, 0.4) is 0 Å². The quantitative estimate of drug-likeness (QED) is 0.307. The van der Waals surface area contributed by atoms with Gasteiger partial charge in [-0.1, -0.05) is 5.11 Å². The van der Waals surface area contributed by atoms with Crippen LogP contribution in [-0.4, -0.2) is 25.3 Å². The molecule has 1 amide bonds. The second kappa shape index (κ2) is 7.24. The van der Waals surface area contributed by atoms with Crippen LogP contribution in [0.15, 0.2) is 5.11 Å². The Morgan fingerprint density at radius 3 is 2.92 bits per heavy atom. The standard InChI is InChI=1S/C7H14N4O2/c1-6(2)13-7(12)9-4-3-5-10-11-8/h6H,3-5H2,1-2H3,(H,9,12). The fraction of sp³-hybridized carbons (Fsp3) is 0.857. The third-order valence-electron chi connectivity index (χ3n) is 1.11. The molecule has 6 heteroatoms. The lowest BCUT2D eigenvalue weighted by molar-refractivity contribution is 0.115. The summed E-state index contributed by atoms with van der Waals surface area (Å²) in [4.78, 5) is 13.4. The molecule has 0 aromatic heterocycles. The summed E-state index contributed by atoms with van der Waals surface area (Å²) in [6.45, 7) is 4.40. The fourth-order valence-electron chi connectivity index (χ4n) is 0.641. The summed E-state index contributed by atoms with van der Waals surface area (Å²) in [5.41, 5.74) is 7.94. The molecule has 0 unspecified atom stereocenters. The van der Waals surface area contributed by atoms with Crippen LogP contribution in [0, 0.1) is 0 Å². The molecule has 0 aliphatic heterocycles. The van der Waals surface area contributed by atoms with E-state index >= 15 is 0 Å². The van der Waals surface area contributed by atoms with Crippen molar-refractivity contribution in [1.82, 2.24) is 5.32 Å². The molecule has 0 spiro atoms. The average molecular weight is 186 g/mol. The molecule has 0 fully saturated rings. The van der Waals surface area contributed by atoms with E-state index in [2.05, 4.69) is 15.3 Å².